The molecule has 0 aliphatic carbocycles. The van der Waals surface area contributed by atoms with Crippen molar-refractivity contribution in [3.63, 3.8) is 0 Å². The third-order valence-corrected chi connectivity index (χ3v) is 4.33. The zero-order valence-electron chi connectivity index (χ0n) is 14.3. The number of pyridine rings is 1. The summed E-state index contributed by atoms with van der Waals surface area (Å²) in [5.41, 5.74) is 2.76. The van der Waals surface area contributed by atoms with Gasteiger partial charge in [0.2, 0.25) is 5.91 Å². The monoisotopic (exact) mass is 339 g/mol. The Morgan fingerprint density at radius 1 is 1.28 bits per heavy atom. The molecule has 3 rings (SSSR count). The van der Waals surface area contributed by atoms with Gasteiger partial charge in [0.05, 0.1) is 18.3 Å². The van der Waals surface area contributed by atoms with Gasteiger partial charge < -0.3 is 15.0 Å². The molecule has 2 amide bonds. The van der Waals surface area contributed by atoms with Gasteiger partial charge in [0, 0.05) is 13.2 Å². The van der Waals surface area contributed by atoms with E-state index < -0.39 is 12.1 Å². The number of benzene rings is 1. The van der Waals surface area contributed by atoms with E-state index in [2.05, 4.69) is 10.3 Å². The normalized spacial score (nSPS) is 20.4. The smallest absolute Gasteiger partial charge is 0.252 e. The maximum absolute atomic E-state index is 12.7. The summed E-state index contributed by atoms with van der Waals surface area (Å²) >= 11 is 0. The third-order valence-electron chi connectivity index (χ3n) is 4.33. The highest BCUT2D eigenvalue weighted by Gasteiger charge is 2.39. The maximum atomic E-state index is 12.7. The number of nitrogens with zero attached hydrogens (tertiary/aromatic N) is 2. The molecule has 2 heterocycles. The Labute approximate surface area is 146 Å². The lowest BCUT2D eigenvalue weighted by molar-refractivity contribution is -0.162. The van der Waals surface area contributed by atoms with Gasteiger partial charge in [-0.05, 0) is 24.6 Å². The fourth-order valence-corrected chi connectivity index (χ4v) is 2.87. The molecule has 1 aromatic heterocycles. The first kappa shape index (κ1) is 17.1. The molecule has 130 valence electrons. The molecule has 1 saturated heterocycles. The van der Waals surface area contributed by atoms with Crippen LogP contribution in [0.2, 0.25) is 0 Å². The Hall–Kier alpha value is -2.73. The standard InChI is InChI=1S/C19H21N3O3/c1-13-6-8-14(9-7-13)17-18(25-12-16(23)22(17)2)19(24)21-11-15-5-3-4-10-20-15/h3-10,17-18H,11-12H2,1-2H3,(H,21,24)/t17-,18-/m1/s1. The lowest BCUT2D eigenvalue weighted by Gasteiger charge is -2.38. The zero-order chi connectivity index (χ0) is 17.8. The van der Waals surface area contributed by atoms with Gasteiger partial charge in [-0.2, -0.15) is 0 Å². The number of likely N-dealkylation sites (N-methyl/N-ethyl adjacent to an activating group) is 1. The van der Waals surface area contributed by atoms with Crippen molar-refractivity contribution in [2.24, 2.45) is 0 Å². The number of morpholine rings is 1. The lowest BCUT2D eigenvalue weighted by Crippen LogP contribution is -2.52. The second-order valence-electron chi connectivity index (χ2n) is 6.13. The van der Waals surface area contributed by atoms with Crippen LogP contribution in [-0.4, -0.2) is 41.5 Å². The molecule has 1 aromatic carbocycles. The number of nitrogens with one attached hydrogen (secondary N) is 1. The molecule has 0 radical (unpaired) electrons. The van der Waals surface area contributed by atoms with Crippen LogP contribution in [0.5, 0.6) is 0 Å². The van der Waals surface area contributed by atoms with E-state index in [9.17, 15) is 9.59 Å². The predicted octanol–water partition coefficient (Wildman–Crippen LogP) is 1.60. The molecule has 1 aliphatic heterocycles. The van der Waals surface area contributed by atoms with Crippen LogP contribution < -0.4 is 5.32 Å². The zero-order valence-corrected chi connectivity index (χ0v) is 14.3. The number of amides is 2. The number of carbonyl (C=O) groups is 2. The van der Waals surface area contributed by atoms with Crippen LogP contribution in [0, 0.1) is 6.92 Å². The van der Waals surface area contributed by atoms with Crippen molar-refractivity contribution >= 4 is 11.8 Å². The fourth-order valence-electron chi connectivity index (χ4n) is 2.87. The molecule has 0 bridgehead atoms. The van der Waals surface area contributed by atoms with Crippen LogP contribution in [0.25, 0.3) is 0 Å². The number of aryl methyl sites for hydroxylation is 1. The minimum atomic E-state index is -0.755. The van der Waals surface area contributed by atoms with Crippen LogP contribution in [0.4, 0.5) is 0 Å². The highest BCUT2D eigenvalue weighted by Crippen LogP contribution is 2.29. The molecule has 6 nitrogen and oxygen atoms in total. The highest BCUT2D eigenvalue weighted by molar-refractivity contribution is 5.86. The minimum absolute atomic E-state index is 0.0967. The van der Waals surface area contributed by atoms with E-state index >= 15 is 0 Å². The average Bonchev–Trinajstić information content (AvgIpc) is 2.63. The van der Waals surface area contributed by atoms with Crippen molar-refractivity contribution in [2.45, 2.75) is 25.6 Å². The Morgan fingerprint density at radius 3 is 2.72 bits per heavy atom. The molecule has 0 unspecified atom stereocenters. The molecule has 0 spiro atoms. The number of carbonyl (C=O) groups excluding carboxylic acids is 2. The van der Waals surface area contributed by atoms with Crippen LogP contribution in [-0.2, 0) is 20.9 Å². The number of hydrogen-bond donors (Lipinski definition) is 1. The number of rotatable bonds is 4. The van der Waals surface area contributed by atoms with E-state index in [1.807, 2.05) is 49.4 Å². The molecular formula is C19H21N3O3. The summed E-state index contributed by atoms with van der Waals surface area (Å²) in [7, 11) is 1.70. The summed E-state index contributed by atoms with van der Waals surface area (Å²) < 4.78 is 5.58. The molecule has 1 N–H and O–H groups in total. The first-order valence-electron chi connectivity index (χ1n) is 8.17. The highest BCUT2D eigenvalue weighted by atomic mass is 16.5. The fraction of sp³-hybridized carbons (Fsp3) is 0.316. The Kier molecular flexibility index (Phi) is 5.09. The summed E-state index contributed by atoms with van der Waals surface area (Å²) in [6.45, 7) is 2.21. The second-order valence-corrected chi connectivity index (χ2v) is 6.13. The summed E-state index contributed by atoms with van der Waals surface area (Å²) in [6.07, 6.45) is 0.925. The molecule has 2 aromatic rings. The van der Waals surface area contributed by atoms with Crippen molar-refractivity contribution in [3.05, 3.63) is 65.5 Å². The molecule has 1 fully saturated rings. The van der Waals surface area contributed by atoms with Gasteiger partial charge >= 0.3 is 0 Å². The van der Waals surface area contributed by atoms with Crippen LogP contribution in [0.1, 0.15) is 22.9 Å². The minimum Gasteiger partial charge on any atom is -0.356 e. The van der Waals surface area contributed by atoms with Gasteiger partial charge in [0.1, 0.15) is 6.61 Å². The predicted molar refractivity (Wildman–Crippen MR) is 92.5 cm³/mol. The van der Waals surface area contributed by atoms with Gasteiger partial charge in [0.15, 0.2) is 6.10 Å². The Bertz CT molecular complexity index is 746. The first-order chi connectivity index (χ1) is 12.1. The van der Waals surface area contributed by atoms with Crippen molar-refractivity contribution in [2.75, 3.05) is 13.7 Å². The summed E-state index contributed by atoms with van der Waals surface area (Å²) in [4.78, 5) is 30.5. The van der Waals surface area contributed by atoms with Crippen LogP contribution in [0.3, 0.4) is 0 Å². The van der Waals surface area contributed by atoms with Crippen molar-refractivity contribution < 1.29 is 14.3 Å². The van der Waals surface area contributed by atoms with Crippen molar-refractivity contribution in [1.82, 2.24) is 15.2 Å². The molecular weight excluding hydrogens is 318 g/mol. The van der Waals surface area contributed by atoms with Gasteiger partial charge in [-0.25, -0.2) is 0 Å². The largest absolute Gasteiger partial charge is 0.356 e. The number of hydrogen-bond acceptors (Lipinski definition) is 4. The van der Waals surface area contributed by atoms with Crippen molar-refractivity contribution in [1.29, 1.82) is 0 Å². The van der Waals surface area contributed by atoms with E-state index in [1.165, 1.54) is 0 Å². The van der Waals surface area contributed by atoms with Gasteiger partial charge in [-0.1, -0.05) is 35.9 Å². The summed E-state index contributed by atoms with van der Waals surface area (Å²) in [6, 6.07) is 12.9. The van der Waals surface area contributed by atoms with E-state index in [1.54, 1.807) is 18.1 Å². The topological polar surface area (TPSA) is 71.5 Å². The molecule has 0 saturated carbocycles. The van der Waals surface area contributed by atoms with Gasteiger partial charge in [0.25, 0.3) is 5.91 Å². The molecule has 6 heteroatoms. The molecule has 2 atom stereocenters. The summed E-state index contributed by atoms with van der Waals surface area (Å²) in [5.74, 6) is -0.394. The third kappa shape index (κ3) is 3.85. The lowest BCUT2D eigenvalue weighted by atomic mass is 9.96. The average molecular weight is 339 g/mol. The maximum Gasteiger partial charge on any atom is 0.252 e. The van der Waals surface area contributed by atoms with E-state index in [4.69, 9.17) is 4.74 Å². The number of aromatic nitrogens is 1. The molecule has 1 aliphatic rings. The quantitative estimate of drug-likeness (QED) is 0.918. The first-order valence-corrected chi connectivity index (χ1v) is 8.17. The second kappa shape index (κ2) is 7.44. The number of ether oxygens (including phenoxy) is 1. The summed E-state index contributed by atoms with van der Waals surface area (Å²) in [5, 5.41) is 2.85. The Morgan fingerprint density at radius 2 is 2.04 bits per heavy atom. The Balaban J connectivity index is 1.78. The SMILES string of the molecule is Cc1ccc([C@@H]2[C@H](C(=O)NCc3ccccn3)OCC(=O)N2C)cc1. The van der Waals surface area contributed by atoms with Gasteiger partial charge in [-0.15, -0.1) is 0 Å². The van der Waals surface area contributed by atoms with E-state index in [0.717, 1.165) is 16.8 Å². The van der Waals surface area contributed by atoms with Crippen LogP contribution >= 0.6 is 0 Å². The van der Waals surface area contributed by atoms with E-state index in [-0.39, 0.29) is 18.4 Å². The van der Waals surface area contributed by atoms with Gasteiger partial charge in [-0.3, -0.25) is 14.6 Å². The van der Waals surface area contributed by atoms with E-state index in [0.29, 0.717) is 6.54 Å². The molecule has 25 heavy (non-hydrogen) atoms. The van der Waals surface area contributed by atoms with Crippen LogP contribution in [0.15, 0.2) is 48.7 Å². The van der Waals surface area contributed by atoms with Crippen molar-refractivity contribution in [3.8, 4) is 0 Å².